The minimum absolute atomic E-state index is 0.0255. The Bertz CT molecular complexity index is 897. The lowest BCUT2D eigenvalue weighted by Gasteiger charge is -2.30. The minimum Gasteiger partial charge on any atom is -0.467 e. The van der Waals surface area contributed by atoms with Gasteiger partial charge in [-0.05, 0) is 29.9 Å². The Balaban J connectivity index is 1.69. The summed E-state index contributed by atoms with van der Waals surface area (Å²) in [5, 5.41) is 5.53. The van der Waals surface area contributed by atoms with Crippen molar-refractivity contribution >= 4 is 18.0 Å². The molecule has 0 heterocycles. The molecule has 2 N–H and O–H groups in total. The molecule has 1 saturated carbocycles. The van der Waals surface area contributed by atoms with E-state index < -0.39 is 30.1 Å². The predicted molar refractivity (Wildman–Crippen MR) is 124 cm³/mol. The fourth-order valence-corrected chi connectivity index (χ4v) is 4.18. The monoisotopic (exact) mass is 452 g/mol. The fourth-order valence-electron chi connectivity index (χ4n) is 4.18. The number of alkyl carbamates (subject to hydrolysis) is 1. The first-order chi connectivity index (χ1) is 16.1. The highest BCUT2D eigenvalue weighted by molar-refractivity contribution is 5.90. The van der Waals surface area contributed by atoms with Gasteiger partial charge >= 0.3 is 12.1 Å². The minimum atomic E-state index is -0.897. The summed E-state index contributed by atoms with van der Waals surface area (Å²) in [5.41, 5.74) is 1.73. The predicted octanol–water partition coefficient (Wildman–Crippen LogP) is 3.76. The third-order valence-electron chi connectivity index (χ3n) is 5.98. The van der Waals surface area contributed by atoms with E-state index in [4.69, 9.17) is 9.47 Å². The van der Waals surface area contributed by atoms with E-state index in [1.165, 1.54) is 7.11 Å². The van der Waals surface area contributed by atoms with Crippen LogP contribution in [0.25, 0.3) is 0 Å². The van der Waals surface area contributed by atoms with Crippen LogP contribution in [0.3, 0.4) is 0 Å². The van der Waals surface area contributed by atoms with Gasteiger partial charge in [-0.1, -0.05) is 79.9 Å². The molecule has 7 nitrogen and oxygen atoms in total. The van der Waals surface area contributed by atoms with E-state index in [0.29, 0.717) is 0 Å². The molecule has 0 radical (unpaired) electrons. The van der Waals surface area contributed by atoms with Crippen LogP contribution in [0, 0.1) is 5.92 Å². The van der Waals surface area contributed by atoms with Gasteiger partial charge in [0.05, 0.1) is 7.11 Å². The van der Waals surface area contributed by atoms with Crippen molar-refractivity contribution in [1.82, 2.24) is 10.6 Å². The van der Waals surface area contributed by atoms with Crippen molar-refractivity contribution < 1.29 is 23.9 Å². The van der Waals surface area contributed by atoms with Gasteiger partial charge < -0.3 is 20.1 Å². The van der Waals surface area contributed by atoms with Gasteiger partial charge in [0, 0.05) is 6.42 Å². The van der Waals surface area contributed by atoms with Crippen molar-refractivity contribution in [1.29, 1.82) is 0 Å². The van der Waals surface area contributed by atoms with Gasteiger partial charge in [-0.2, -0.15) is 0 Å². The summed E-state index contributed by atoms with van der Waals surface area (Å²) < 4.78 is 10.3. The second-order valence-corrected chi connectivity index (χ2v) is 8.36. The van der Waals surface area contributed by atoms with E-state index in [9.17, 15) is 14.4 Å². The molecule has 0 aliphatic heterocycles. The first-order valence-electron chi connectivity index (χ1n) is 11.5. The molecule has 1 aliphatic rings. The van der Waals surface area contributed by atoms with Crippen LogP contribution in [0.2, 0.25) is 0 Å². The first-order valence-corrected chi connectivity index (χ1v) is 11.5. The van der Waals surface area contributed by atoms with E-state index in [0.717, 1.165) is 43.2 Å². The smallest absolute Gasteiger partial charge is 0.408 e. The normalized spacial score (nSPS) is 15.7. The zero-order valence-corrected chi connectivity index (χ0v) is 19.0. The average molecular weight is 453 g/mol. The molecule has 1 fully saturated rings. The van der Waals surface area contributed by atoms with E-state index in [2.05, 4.69) is 10.6 Å². The third-order valence-corrected chi connectivity index (χ3v) is 5.98. The van der Waals surface area contributed by atoms with Crippen LogP contribution in [0.5, 0.6) is 0 Å². The summed E-state index contributed by atoms with van der Waals surface area (Å²) in [7, 11) is 1.32. The Morgan fingerprint density at radius 1 is 0.879 bits per heavy atom. The maximum absolute atomic E-state index is 13.2. The standard InChI is InChI=1S/C26H32N2O5/c1-32-25(30)23(21-15-9-4-10-16-21)28-24(29)22(17-19-11-5-2-6-12-19)27-26(31)33-18-20-13-7-3-8-14-20/h2-3,5-8,11-14,21-23H,4,9-10,15-18H2,1H3,(H,27,31)(H,28,29)/t22-,23-/m0/s1. The molecule has 0 bridgehead atoms. The van der Waals surface area contributed by atoms with Gasteiger partial charge in [0.2, 0.25) is 5.91 Å². The number of methoxy groups -OCH3 is 1. The van der Waals surface area contributed by atoms with Crippen molar-refractivity contribution in [3.63, 3.8) is 0 Å². The highest BCUT2D eigenvalue weighted by atomic mass is 16.5. The van der Waals surface area contributed by atoms with Crippen LogP contribution >= 0.6 is 0 Å². The summed E-state index contributed by atoms with van der Waals surface area (Å²) in [6.45, 7) is 0.0964. The SMILES string of the molecule is COC(=O)[C@@H](NC(=O)[C@H](Cc1ccccc1)NC(=O)OCc1ccccc1)C1CCCCC1. The largest absolute Gasteiger partial charge is 0.467 e. The summed E-state index contributed by atoms with van der Waals surface area (Å²) in [5.74, 6) is -0.866. The molecule has 3 rings (SSSR count). The second kappa shape index (κ2) is 12.6. The Hall–Kier alpha value is -3.35. The molecule has 2 aromatic rings. The number of rotatable bonds is 9. The second-order valence-electron chi connectivity index (χ2n) is 8.36. The van der Waals surface area contributed by atoms with Crippen LogP contribution < -0.4 is 10.6 Å². The van der Waals surface area contributed by atoms with Crippen molar-refractivity contribution in [3.8, 4) is 0 Å². The van der Waals surface area contributed by atoms with Crippen molar-refractivity contribution in [2.75, 3.05) is 7.11 Å². The Morgan fingerprint density at radius 2 is 1.48 bits per heavy atom. The molecule has 1 aliphatic carbocycles. The fraction of sp³-hybridized carbons (Fsp3) is 0.423. The Kier molecular flexibility index (Phi) is 9.30. The van der Waals surface area contributed by atoms with Crippen LogP contribution in [0.4, 0.5) is 4.79 Å². The maximum atomic E-state index is 13.2. The number of esters is 1. The third kappa shape index (κ3) is 7.63. The van der Waals surface area contributed by atoms with Crippen LogP contribution in [-0.4, -0.2) is 37.2 Å². The zero-order chi connectivity index (χ0) is 23.5. The molecular weight excluding hydrogens is 420 g/mol. The summed E-state index contributed by atoms with van der Waals surface area (Å²) in [6.07, 6.45) is 4.46. The summed E-state index contributed by atoms with van der Waals surface area (Å²) in [4.78, 5) is 38.2. The summed E-state index contributed by atoms with van der Waals surface area (Å²) >= 11 is 0. The lowest BCUT2D eigenvalue weighted by Crippen LogP contribution is -2.55. The molecule has 2 amide bonds. The number of nitrogens with one attached hydrogen (secondary N) is 2. The highest BCUT2D eigenvalue weighted by Crippen LogP contribution is 2.27. The van der Waals surface area contributed by atoms with Gasteiger partial charge in [0.15, 0.2) is 0 Å². The molecule has 0 spiro atoms. The molecule has 2 atom stereocenters. The molecule has 0 saturated heterocycles. The molecule has 2 aromatic carbocycles. The number of amides is 2. The topological polar surface area (TPSA) is 93.7 Å². The zero-order valence-electron chi connectivity index (χ0n) is 19.0. The van der Waals surface area contributed by atoms with Crippen molar-refractivity contribution in [2.24, 2.45) is 5.92 Å². The van der Waals surface area contributed by atoms with Gasteiger partial charge in [-0.15, -0.1) is 0 Å². The Morgan fingerprint density at radius 3 is 2.09 bits per heavy atom. The van der Waals surface area contributed by atoms with Crippen molar-refractivity contribution in [2.45, 2.75) is 57.2 Å². The van der Waals surface area contributed by atoms with Crippen molar-refractivity contribution in [3.05, 3.63) is 71.8 Å². The van der Waals surface area contributed by atoms with E-state index >= 15 is 0 Å². The first kappa shape index (κ1) is 24.3. The molecule has 0 unspecified atom stereocenters. The lowest BCUT2D eigenvalue weighted by atomic mass is 9.83. The van der Waals surface area contributed by atoms with Gasteiger partial charge in [0.25, 0.3) is 0 Å². The number of hydrogen-bond acceptors (Lipinski definition) is 5. The molecular formula is C26H32N2O5. The highest BCUT2D eigenvalue weighted by Gasteiger charge is 2.34. The van der Waals surface area contributed by atoms with Gasteiger partial charge in [-0.3, -0.25) is 4.79 Å². The number of carbonyl (C=O) groups is 3. The number of hydrogen-bond donors (Lipinski definition) is 2. The van der Waals surface area contributed by atoms with E-state index in [1.54, 1.807) is 0 Å². The molecule has 33 heavy (non-hydrogen) atoms. The molecule has 0 aromatic heterocycles. The van der Waals surface area contributed by atoms with E-state index in [-0.39, 0.29) is 18.9 Å². The molecule has 176 valence electrons. The maximum Gasteiger partial charge on any atom is 0.408 e. The number of ether oxygens (including phenoxy) is 2. The number of carbonyl (C=O) groups excluding carboxylic acids is 3. The average Bonchev–Trinajstić information content (AvgIpc) is 2.87. The summed E-state index contributed by atoms with van der Waals surface area (Å²) in [6, 6.07) is 17.1. The number of benzene rings is 2. The van der Waals surface area contributed by atoms with Gasteiger partial charge in [-0.25, -0.2) is 9.59 Å². The van der Waals surface area contributed by atoms with Crippen LogP contribution in [0.1, 0.15) is 43.2 Å². The van der Waals surface area contributed by atoms with E-state index in [1.807, 2.05) is 60.7 Å². The quantitative estimate of drug-likeness (QED) is 0.565. The molecule has 7 heteroatoms. The van der Waals surface area contributed by atoms with Crippen LogP contribution in [-0.2, 0) is 32.1 Å². The lowest BCUT2D eigenvalue weighted by molar-refractivity contribution is -0.147. The van der Waals surface area contributed by atoms with Gasteiger partial charge in [0.1, 0.15) is 18.7 Å². The Labute approximate surface area is 194 Å². The van der Waals surface area contributed by atoms with Crippen LogP contribution in [0.15, 0.2) is 60.7 Å².